The minimum atomic E-state index is -0.479. The first-order chi connectivity index (χ1) is 8.60. The summed E-state index contributed by atoms with van der Waals surface area (Å²) in [6, 6.07) is 1.31. The molecular weight excluding hydrogens is 299 g/mol. The quantitative estimate of drug-likeness (QED) is 0.834. The van der Waals surface area contributed by atoms with Gasteiger partial charge >= 0.3 is 0 Å². The first-order valence-electron chi connectivity index (χ1n) is 6.19. The fourth-order valence-corrected chi connectivity index (χ4v) is 3.22. The fourth-order valence-electron chi connectivity index (χ4n) is 2.49. The Kier molecular flexibility index (Phi) is 4.05. The molecule has 0 fully saturated rings. The van der Waals surface area contributed by atoms with Gasteiger partial charge in [-0.25, -0.2) is 4.39 Å². The second kappa shape index (κ2) is 5.39. The second-order valence-electron chi connectivity index (χ2n) is 4.64. The zero-order valence-electron chi connectivity index (χ0n) is 10.6. The van der Waals surface area contributed by atoms with Crippen LogP contribution < -0.4 is 4.74 Å². The van der Waals surface area contributed by atoms with Gasteiger partial charge in [0.25, 0.3) is 0 Å². The average molecular weight is 315 g/mol. The van der Waals surface area contributed by atoms with Gasteiger partial charge in [0.05, 0.1) is 11.6 Å². The van der Waals surface area contributed by atoms with Crippen LogP contribution in [0.25, 0.3) is 0 Å². The first kappa shape index (κ1) is 13.5. The van der Waals surface area contributed by atoms with Crippen molar-refractivity contribution in [1.29, 1.82) is 0 Å². The van der Waals surface area contributed by atoms with Crippen molar-refractivity contribution >= 4 is 21.7 Å². The van der Waals surface area contributed by atoms with Gasteiger partial charge in [0.1, 0.15) is 0 Å². The van der Waals surface area contributed by atoms with Crippen LogP contribution in [0.2, 0.25) is 0 Å². The van der Waals surface area contributed by atoms with Gasteiger partial charge in [0, 0.05) is 11.5 Å². The van der Waals surface area contributed by atoms with Crippen molar-refractivity contribution in [2.75, 3.05) is 7.11 Å². The number of ketones is 1. The SMILES string of the molecule is CCCCC1Cc2c(cc(F)c(OC)c2Br)C1=O. The Labute approximate surface area is 115 Å². The third-order valence-corrected chi connectivity index (χ3v) is 4.31. The summed E-state index contributed by atoms with van der Waals surface area (Å²) < 4.78 is 19.4. The molecule has 0 bridgehead atoms. The van der Waals surface area contributed by atoms with Gasteiger partial charge in [-0.3, -0.25) is 4.79 Å². The van der Waals surface area contributed by atoms with Crippen molar-refractivity contribution in [3.8, 4) is 5.75 Å². The van der Waals surface area contributed by atoms with E-state index in [4.69, 9.17) is 4.74 Å². The smallest absolute Gasteiger partial charge is 0.168 e. The van der Waals surface area contributed by atoms with E-state index in [0.29, 0.717) is 16.5 Å². The number of methoxy groups -OCH3 is 1. The number of fused-ring (bicyclic) bond motifs is 1. The highest BCUT2D eigenvalue weighted by Gasteiger charge is 2.33. The van der Waals surface area contributed by atoms with Gasteiger partial charge in [-0.05, 0) is 40.4 Å². The molecule has 0 spiro atoms. The molecule has 1 aliphatic rings. The molecule has 0 aliphatic heterocycles. The van der Waals surface area contributed by atoms with Gasteiger partial charge < -0.3 is 4.74 Å². The van der Waals surface area contributed by atoms with Crippen LogP contribution in [0.15, 0.2) is 10.5 Å². The lowest BCUT2D eigenvalue weighted by Gasteiger charge is -2.08. The average Bonchev–Trinajstić information content (AvgIpc) is 2.65. The van der Waals surface area contributed by atoms with E-state index in [9.17, 15) is 9.18 Å². The molecule has 0 heterocycles. The molecule has 98 valence electrons. The molecule has 4 heteroatoms. The van der Waals surface area contributed by atoms with Crippen molar-refractivity contribution < 1.29 is 13.9 Å². The number of halogens is 2. The minimum Gasteiger partial charge on any atom is -0.492 e. The molecule has 18 heavy (non-hydrogen) atoms. The van der Waals surface area contributed by atoms with Crippen LogP contribution in [0, 0.1) is 11.7 Å². The van der Waals surface area contributed by atoms with Gasteiger partial charge in [-0.15, -0.1) is 0 Å². The molecule has 1 unspecified atom stereocenters. The van der Waals surface area contributed by atoms with Crippen molar-refractivity contribution in [3.63, 3.8) is 0 Å². The van der Waals surface area contributed by atoms with E-state index in [1.807, 2.05) is 0 Å². The van der Waals surface area contributed by atoms with E-state index in [1.165, 1.54) is 13.2 Å². The van der Waals surface area contributed by atoms with Crippen molar-refractivity contribution in [2.24, 2.45) is 5.92 Å². The summed E-state index contributed by atoms with van der Waals surface area (Å²) in [7, 11) is 1.43. The number of hydrogen-bond donors (Lipinski definition) is 0. The summed E-state index contributed by atoms with van der Waals surface area (Å²) in [6.45, 7) is 2.10. The fraction of sp³-hybridized carbons (Fsp3) is 0.500. The maximum Gasteiger partial charge on any atom is 0.168 e. The first-order valence-corrected chi connectivity index (χ1v) is 6.98. The number of carbonyl (C=O) groups excluding carboxylic acids is 1. The zero-order chi connectivity index (χ0) is 13.3. The van der Waals surface area contributed by atoms with Crippen molar-refractivity contribution in [2.45, 2.75) is 32.6 Å². The summed E-state index contributed by atoms with van der Waals surface area (Å²) in [5.41, 5.74) is 1.40. The van der Waals surface area contributed by atoms with E-state index < -0.39 is 5.82 Å². The third kappa shape index (κ3) is 2.18. The molecule has 0 aromatic heterocycles. The predicted octanol–water partition coefficient (Wildman–Crippen LogP) is 4.14. The van der Waals surface area contributed by atoms with Crippen LogP contribution in [-0.2, 0) is 6.42 Å². The molecule has 1 aromatic rings. The molecule has 0 amide bonds. The minimum absolute atomic E-state index is 0.00255. The summed E-state index contributed by atoms with van der Waals surface area (Å²) in [6.07, 6.45) is 3.66. The van der Waals surface area contributed by atoms with Crippen LogP contribution >= 0.6 is 15.9 Å². The highest BCUT2D eigenvalue weighted by molar-refractivity contribution is 9.10. The van der Waals surface area contributed by atoms with E-state index in [-0.39, 0.29) is 17.5 Å². The Morgan fingerprint density at radius 3 is 2.89 bits per heavy atom. The summed E-state index contributed by atoms with van der Waals surface area (Å²) in [5.74, 6) is -0.214. The molecule has 0 saturated carbocycles. The Morgan fingerprint density at radius 2 is 2.28 bits per heavy atom. The summed E-state index contributed by atoms with van der Waals surface area (Å²) >= 11 is 3.35. The highest BCUT2D eigenvalue weighted by atomic mass is 79.9. The number of unbranched alkanes of at least 4 members (excludes halogenated alkanes) is 1. The maximum absolute atomic E-state index is 13.8. The molecule has 0 saturated heterocycles. The van der Waals surface area contributed by atoms with E-state index in [2.05, 4.69) is 22.9 Å². The van der Waals surface area contributed by atoms with Crippen LogP contribution in [0.1, 0.15) is 42.1 Å². The van der Waals surface area contributed by atoms with E-state index in [0.717, 1.165) is 24.8 Å². The lowest BCUT2D eigenvalue weighted by atomic mass is 9.98. The summed E-state index contributed by atoms with van der Waals surface area (Å²) in [4.78, 5) is 12.2. The number of Topliss-reactive ketones (excluding diaryl/α,β-unsaturated/α-hetero) is 1. The number of carbonyl (C=O) groups is 1. The lowest BCUT2D eigenvalue weighted by Crippen LogP contribution is -2.08. The van der Waals surface area contributed by atoms with E-state index >= 15 is 0 Å². The van der Waals surface area contributed by atoms with Crippen LogP contribution in [0.3, 0.4) is 0 Å². The van der Waals surface area contributed by atoms with Gasteiger partial charge in [-0.1, -0.05) is 19.8 Å². The van der Waals surface area contributed by atoms with E-state index in [1.54, 1.807) is 0 Å². The molecule has 0 N–H and O–H groups in total. The highest BCUT2D eigenvalue weighted by Crippen LogP contribution is 2.41. The van der Waals surface area contributed by atoms with Crippen molar-refractivity contribution in [3.05, 3.63) is 27.5 Å². The zero-order valence-corrected chi connectivity index (χ0v) is 12.1. The molecule has 1 aliphatic carbocycles. The largest absolute Gasteiger partial charge is 0.492 e. The van der Waals surface area contributed by atoms with Gasteiger partial charge in [0.2, 0.25) is 0 Å². The summed E-state index contributed by atoms with van der Waals surface area (Å²) in [5, 5.41) is 0. The second-order valence-corrected chi connectivity index (χ2v) is 5.43. The molecule has 2 rings (SSSR count). The molecule has 1 atom stereocenters. The third-order valence-electron chi connectivity index (χ3n) is 3.47. The number of ether oxygens (including phenoxy) is 1. The van der Waals surface area contributed by atoms with Gasteiger partial charge in [0.15, 0.2) is 17.3 Å². The van der Waals surface area contributed by atoms with Crippen LogP contribution in [0.4, 0.5) is 4.39 Å². The normalized spacial score (nSPS) is 18.0. The van der Waals surface area contributed by atoms with Gasteiger partial charge in [-0.2, -0.15) is 0 Å². The van der Waals surface area contributed by atoms with Crippen LogP contribution in [-0.4, -0.2) is 12.9 Å². The number of benzene rings is 1. The number of rotatable bonds is 4. The van der Waals surface area contributed by atoms with Crippen LogP contribution in [0.5, 0.6) is 5.75 Å². The lowest BCUT2D eigenvalue weighted by molar-refractivity contribution is 0.0929. The Morgan fingerprint density at radius 1 is 1.56 bits per heavy atom. The monoisotopic (exact) mass is 314 g/mol. The topological polar surface area (TPSA) is 26.3 Å². The Balaban J connectivity index is 2.37. The number of hydrogen-bond acceptors (Lipinski definition) is 2. The standard InChI is InChI=1S/C14H16BrFO2/c1-3-4-5-8-6-9-10(13(8)17)7-11(16)14(18-2)12(9)15/h7-8H,3-6H2,1-2H3. The van der Waals surface area contributed by atoms with Crippen molar-refractivity contribution in [1.82, 2.24) is 0 Å². The molecular formula is C14H16BrFO2. The Bertz CT molecular complexity index is 485. The maximum atomic E-state index is 13.8. The molecule has 2 nitrogen and oxygen atoms in total. The Hall–Kier alpha value is -0.900. The predicted molar refractivity (Wildman–Crippen MR) is 71.7 cm³/mol. The molecule has 0 radical (unpaired) electrons. The molecule has 1 aromatic carbocycles.